The number of anilines is 1. The zero-order valence-electron chi connectivity index (χ0n) is 18.0. The van der Waals surface area contributed by atoms with Crippen molar-refractivity contribution in [1.82, 2.24) is 9.88 Å². The quantitative estimate of drug-likeness (QED) is 0.422. The van der Waals surface area contributed by atoms with E-state index in [9.17, 15) is 4.79 Å². The number of pyridine rings is 1. The predicted molar refractivity (Wildman–Crippen MR) is 129 cm³/mol. The molecule has 5 rings (SSSR count). The predicted octanol–water partition coefficient (Wildman–Crippen LogP) is 5.07. The number of aromatic nitrogens is 1. The molecule has 0 spiro atoms. The van der Waals surface area contributed by atoms with Gasteiger partial charge in [0.1, 0.15) is 15.5 Å². The van der Waals surface area contributed by atoms with Crippen molar-refractivity contribution >= 4 is 33.0 Å². The molecule has 162 valence electrons. The van der Waals surface area contributed by atoms with E-state index in [2.05, 4.69) is 35.2 Å². The van der Waals surface area contributed by atoms with Crippen LogP contribution >= 0.6 is 11.3 Å². The van der Waals surface area contributed by atoms with Crippen molar-refractivity contribution in [3.05, 3.63) is 87.9 Å². The molecule has 5 nitrogen and oxygen atoms in total. The number of hydrogen-bond donors (Lipinski definition) is 1. The van der Waals surface area contributed by atoms with Crippen molar-refractivity contribution in [3.8, 4) is 5.75 Å². The van der Waals surface area contributed by atoms with Crippen molar-refractivity contribution < 1.29 is 9.53 Å². The Morgan fingerprint density at radius 1 is 1.16 bits per heavy atom. The molecule has 2 N–H and O–H groups in total. The molecule has 3 heterocycles. The van der Waals surface area contributed by atoms with Crippen LogP contribution in [0, 0.1) is 0 Å². The normalized spacial score (nSPS) is 13.8. The first kappa shape index (κ1) is 20.7. The van der Waals surface area contributed by atoms with Gasteiger partial charge in [-0.3, -0.25) is 9.69 Å². The van der Waals surface area contributed by atoms with Crippen molar-refractivity contribution in [2.24, 2.45) is 0 Å². The summed E-state index contributed by atoms with van der Waals surface area (Å²) >= 11 is 1.39. The van der Waals surface area contributed by atoms with E-state index in [1.165, 1.54) is 22.5 Å². The Hall–Kier alpha value is -3.22. The second-order valence-corrected chi connectivity index (χ2v) is 9.02. The molecule has 0 bridgehead atoms. The molecule has 0 amide bonds. The molecule has 32 heavy (non-hydrogen) atoms. The van der Waals surface area contributed by atoms with E-state index >= 15 is 0 Å². The molecular weight excluding hydrogens is 418 g/mol. The molecule has 0 saturated carbocycles. The van der Waals surface area contributed by atoms with Gasteiger partial charge in [0.15, 0.2) is 0 Å². The first-order chi connectivity index (χ1) is 15.6. The average molecular weight is 444 g/mol. The Bertz CT molecular complexity index is 1270. The number of fused-ring (bicyclic) bond motifs is 2. The van der Waals surface area contributed by atoms with Crippen LogP contribution in [0.1, 0.15) is 39.0 Å². The van der Waals surface area contributed by atoms with Crippen LogP contribution in [0.15, 0.2) is 60.7 Å². The lowest BCUT2D eigenvalue weighted by atomic mass is 10.0. The lowest BCUT2D eigenvalue weighted by Crippen LogP contribution is -2.30. The van der Waals surface area contributed by atoms with Gasteiger partial charge in [-0.1, -0.05) is 30.3 Å². The van der Waals surface area contributed by atoms with Gasteiger partial charge in [0.05, 0.1) is 12.3 Å². The van der Waals surface area contributed by atoms with E-state index in [4.69, 9.17) is 15.5 Å². The van der Waals surface area contributed by atoms with Gasteiger partial charge in [0, 0.05) is 42.7 Å². The van der Waals surface area contributed by atoms with Crippen LogP contribution < -0.4 is 10.5 Å². The highest BCUT2D eigenvalue weighted by molar-refractivity contribution is 7.21. The number of carbonyl (C=O) groups excluding carboxylic acids is 1. The highest BCUT2D eigenvalue weighted by atomic mass is 32.1. The van der Waals surface area contributed by atoms with Crippen LogP contribution in [0.3, 0.4) is 0 Å². The lowest BCUT2D eigenvalue weighted by molar-refractivity contribution is 0.104. The maximum absolute atomic E-state index is 13.1. The first-order valence-corrected chi connectivity index (χ1v) is 11.7. The Kier molecular flexibility index (Phi) is 5.64. The van der Waals surface area contributed by atoms with E-state index in [-0.39, 0.29) is 5.78 Å². The maximum Gasteiger partial charge on any atom is 0.205 e. The summed E-state index contributed by atoms with van der Waals surface area (Å²) in [4.78, 5) is 21.9. The number of thiophene rings is 1. The molecule has 0 aliphatic carbocycles. The van der Waals surface area contributed by atoms with Gasteiger partial charge in [0.2, 0.25) is 5.78 Å². The number of benzene rings is 2. The van der Waals surface area contributed by atoms with Gasteiger partial charge in [-0.15, -0.1) is 11.3 Å². The van der Waals surface area contributed by atoms with Gasteiger partial charge in [-0.2, -0.15) is 0 Å². The van der Waals surface area contributed by atoms with Crippen molar-refractivity contribution in [2.45, 2.75) is 26.4 Å². The van der Waals surface area contributed by atoms with Crippen LogP contribution in [0.2, 0.25) is 0 Å². The van der Waals surface area contributed by atoms with Gasteiger partial charge >= 0.3 is 0 Å². The van der Waals surface area contributed by atoms with Gasteiger partial charge in [0.25, 0.3) is 0 Å². The van der Waals surface area contributed by atoms with Gasteiger partial charge < -0.3 is 10.5 Å². The molecule has 2 aromatic carbocycles. The zero-order chi connectivity index (χ0) is 22.1. The average Bonchev–Trinajstić information content (AvgIpc) is 3.14. The summed E-state index contributed by atoms with van der Waals surface area (Å²) in [6.45, 7) is 5.25. The highest BCUT2D eigenvalue weighted by Crippen LogP contribution is 2.36. The zero-order valence-corrected chi connectivity index (χ0v) is 18.8. The molecule has 0 atom stereocenters. The second-order valence-electron chi connectivity index (χ2n) is 8.02. The summed E-state index contributed by atoms with van der Waals surface area (Å²) in [6.07, 6.45) is 0.901. The van der Waals surface area contributed by atoms with Crippen molar-refractivity contribution in [3.63, 3.8) is 0 Å². The summed E-state index contributed by atoms with van der Waals surface area (Å²) in [7, 11) is 0. The van der Waals surface area contributed by atoms with E-state index in [1.54, 1.807) is 12.1 Å². The van der Waals surface area contributed by atoms with E-state index in [0.29, 0.717) is 22.7 Å². The third-order valence-corrected chi connectivity index (χ3v) is 6.95. The summed E-state index contributed by atoms with van der Waals surface area (Å²) in [5.74, 6) is 0.681. The minimum absolute atomic E-state index is 0.0720. The summed E-state index contributed by atoms with van der Waals surface area (Å²) < 4.78 is 5.47. The Labute approximate surface area is 191 Å². The third-order valence-electron chi connectivity index (χ3n) is 5.83. The summed E-state index contributed by atoms with van der Waals surface area (Å²) in [6, 6.07) is 19.9. The fourth-order valence-corrected chi connectivity index (χ4v) is 5.26. The molecule has 0 unspecified atom stereocenters. The van der Waals surface area contributed by atoms with Crippen LogP contribution in [0.4, 0.5) is 5.69 Å². The van der Waals surface area contributed by atoms with Crippen LogP contribution in [-0.4, -0.2) is 28.8 Å². The number of ketones is 1. The fraction of sp³-hybridized carbons (Fsp3) is 0.231. The molecule has 4 aromatic rings. The van der Waals surface area contributed by atoms with E-state index in [1.807, 2.05) is 25.1 Å². The maximum atomic E-state index is 13.1. The molecular formula is C26H25N3O2S. The third kappa shape index (κ3) is 3.99. The molecule has 1 aliphatic heterocycles. The number of hydrogen-bond acceptors (Lipinski definition) is 6. The standard InChI is InChI=1S/C26H25N3O2S/c1-2-31-20-10-8-18(9-11-20)24(30)25-23(27)21-14-19-16-29(15-17-6-4-3-5-7-17)13-12-22(19)28-26(21)32-25/h3-11,14H,2,12-13,15-16,27H2,1H3. The topological polar surface area (TPSA) is 68.4 Å². The minimum Gasteiger partial charge on any atom is -0.494 e. The number of nitrogens with zero attached hydrogens (tertiary/aromatic N) is 2. The monoisotopic (exact) mass is 443 g/mol. The number of ether oxygens (including phenoxy) is 1. The van der Waals surface area contributed by atoms with Gasteiger partial charge in [-0.05, 0) is 48.4 Å². The van der Waals surface area contributed by atoms with E-state index < -0.39 is 0 Å². The van der Waals surface area contributed by atoms with Crippen molar-refractivity contribution in [2.75, 3.05) is 18.9 Å². The summed E-state index contributed by atoms with van der Waals surface area (Å²) in [5, 5.41) is 0.879. The first-order valence-electron chi connectivity index (χ1n) is 10.9. The molecule has 6 heteroatoms. The number of rotatable bonds is 6. The fourth-order valence-electron chi connectivity index (χ4n) is 4.20. The molecule has 0 fully saturated rings. The Balaban J connectivity index is 1.41. The van der Waals surface area contributed by atoms with Crippen LogP contribution in [0.25, 0.3) is 10.2 Å². The molecule has 2 aromatic heterocycles. The van der Waals surface area contributed by atoms with Gasteiger partial charge in [-0.25, -0.2) is 4.98 Å². The van der Waals surface area contributed by atoms with E-state index in [0.717, 1.165) is 47.7 Å². The SMILES string of the molecule is CCOc1ccc(C(=O)c2sc3nc4c(cc3c2N)CN(Cc2ccccc2)CC4)cc1. The number of nitrogens with two attached hydrogens (primary N) is 1. The van der Waals surface area contributed by atoms with Crippen LogP contribution in [-0.2, 0) is 19.5 Å². The van der Waals surface area contributed by atoms with Crippen molar-refractivity contribution in [1.29, 1.82) is 0 Å². The second kappa shape index (κ2) is 8.73. The molecule has 0 radical (unpaired) electrons. The lowest BCUT2D eigenvalue weighted by Gasteiger charge is -2.28. The Morgan fingerprint density at radius 2 is 1.94 bits per heavy atom. The largest absolute Gasteiger partial charge is 0.494 e. The van der Waals surface area contributed by atoms with Crippen LogP contribution in [0.5, 0.6) is 5.75 Å². The number of nitrogen functional groups attached to an aromatic ring is 1. The minimum atomic E-state index is -0.0720. The summed E-state index contributed by atoms with van der Waals surface area (Å²) in [5.41, 5.74) is 11.2. The molecule has 1 aliphatic rings. The Morgan fingerprint density at radius 3 is 2.69 bits per heavy atom. The highest BCUT2D eigenvalue weighted by Gasteiger charge is 2.23. The smallest absolute Gasteiger partial charge is 0.205 e. The molecule has 0 saturated heterocycles. The number of carbonyl (C=O) groups is 1.